The van der Waals surface area contributed by atoms with E-state index in [0.717, 1.165) is 29.8 Å². The number of alkyl halides is 2. The number of aromatic nitrogens is 2. The Balaban J connectivity index is 1.66. The normalized spacial score (nSPS) is 17.7. The molecule has 1 amide bonds. The Morgan fingerprint density at radius 2 is 2.09 bits per heavy atom. The Labute approximate surface area is 132 Å². The number of hydrogen-bond donors (Lipinski definition) is 1. The summed E-state index contributed by atoms with van der Waals surface area (Å²) in [6.07, 6.45) is 0.665. The number of benzene rings is 1. The molecule has 122 valence electrons. The predicted octanol–water partition coefficient (Wildman–Crippen LogP) is 2.76. The fourth-order valence-corrected chi connectivity index (χ4v) is 2.85. The molecule has 1 aromatic heterocycles. The van der Waals surface area contributed by atoms with Gasteiger partial charge in [0.25, 0.3) is 6.43 Å². The highest BCUT2D eigenvalue weighted by Gasteiger charge is 2.31. The predicted molar refractivity (Wildman–Crippen MR) is 83.7 cm³/mol. The van der Waals surface area contributed by atoms with Gasteiger partial charge in [0.05, 0.1) is 0 Å². The molecule has 1 fully saturated rings. The lowest BCUT2D eigenvalue weighted by Crippen LogP contribution is -2.39. The summed E-state index contributed by atoms with van der Waals surface area (Å²) < 4.78 is 25.8. The summed E-state index contributed by atoms with van der Waals surface area (Å²) in [6.45, 7) is 0.345. The quantitative estimate of drug-likeness (QED) is 0.921. The minimum Gasteiger partial charge on any atom is -0.360 e. The van der Waals surface area contributed by atoms with Gasteiger partial charge in [0.2, 0.25) is 5.91 Å². The standard InChI is InChI=1S/C16H18F2N4O/c17-14(18)11-21-10-8-15(20-21)19-16(23)13-7-4-9-22(13)12-5-2-1-3-6-12/h1-3,5-6,8,10,13-14H,4,7,9,11H2,(H,19,20,23). The van der Waals surface area contributed by atoms with E-state index in [9.17, 15) is 13.6 Å². The maximum absolute atomic E-state index is 12.5. The molecule has 0 aliphatic carbocycles. The van der Waals surface area contributed by atoms with Crippen LogP contribution in [0.15, 0.2) is 42.6 Å². The van der Waals surface area contributed by atoms with Gasteiger partial charge in [-0.2, -0.15) is 5.10 Å². The molecule has 0 saturated carbocycles. The summed E-state index contributed by atoms with van der Waals surface area (Å²) in [6, 6.07) is 11.0. The molecule has 1 atom stereocenters. The van der Waals surface area contributed by atoms with Crippen LogP contribution < -0.4 is 10.2 Å². The van der Waals surface area contributed by atoms with E-state index >= 15 is 0 Å². The topological polar surface area (TPSA) is 50.2 Å². The summed E-state index contributed by atoms with van der Waals surface area (Å²) in [5, 5.41) is 6.67. The van der Waals surface area contributed by atoms with E-state index in [-0.39, 0.29) is 11.9 Å². The molecule has 1 aliphatic heterocycles. The fraction of sp³-hybridized carbons (Fsp3) is 0.375. The van der Waals surface area contributed by atoms with Crippen molar-refractivity contribution < 1.29 is 13.6 Å². The number of anilines is 2. The number of rotatable bonds is 5. The number of nitrogens with zero attached hydrogens (tertiary/aromatic N) is 3. The van der Waals surface area contributed by atoms with Gasteiger partial charge >= 0.3 is 0 Å². The highest BCUT2D eigenvalue weighted by molar-refractivity contribution is 5.96. The Hall–Kier alpha value is -2.44. The number of para-hydroxylation sites is 1. The molecule has 2 aromatic rings. The number of amides is 1. The van der Waals surface area contributed by atoms with E-state index in [1.807, 2.05) is 30.3 Å². The largest absolute Gasteiger partial charge is 0.360 e. The molecular weight excluding hydrogens is 302 g/mol. The zero-order chi connectivity index (χ0) is 16.2. The van der Waals surface area contributed by atoms with Crippen molar-refractivity contribution in [1.29, 1.82) is 0 Å². The van der Waals surface area contributed by atoms with Crippen molar-refractivity contribution in [3.8, 4) is 0 Å². The molecule has 3 rings (SSSR count). The monoisotopic (exact) mass is 320 g/mol. The molecule has 0 radical (unpaired) electrons. The molecule has 1 unspecified atom stereocenters. The summed E-state index contributed by atoms with van der Waals surface area (Å²) >= 11 is 0. The van der Waals surface area contributed by atoms with Gasteiger partial charge in [0.1, 0.15) is 12.6 Å². The molecule has 23 heavy (non-hydrogen) atoms. The lowest BCUT2D eigenvalue weighted by Gasteiger charge is -2.25. The minimum atomic E-state index is -2.47. The smallest absolute Gasteiger partial charge is 0.257 e. The van der Waals surface area contributed by atoms with Gasteiger partial charge in [-0.15, -0.1) is 0 Å². The molecule has 1 aromatic carbocycles. The molecule has 7 heteroatoms. The van der Waals surface area contributed by atoms with E-state index in [2.05, 4.69) is 15.3 Å². The molecule has 0 spiro atoms. The van der Waals surface area contributed by atoms with Crippen LogP contribution in [0, 0.1) is 0 Å². The van der Waals surface area contributed by atoms with Crippen molar-refractivity contribution in [3.05, 3.63) is 42.6 Å². The Morgan fingerprint density at radius 1 is 1.30 bits per heavy atom. The van der Waals surface area contributed by atoms with Crippen molar-refractivity contribution >= 4 is 17.4 Å². The summed E-state index contributed by atoms with van der Waals surface area (Å²) in [7, 11) is 0. The van der Waals surface area contributed by atoms with Gasteiger partial charge in [-0.25, -0.2) is 8.78 Å². The van der Waals surface area contributed by atoms with Gasteiger partial charge in [-0.3, -0.25) is 9.48 Å². The Bertz CT molecular complexity index is 659. The third kappa shape index (κ3) is 3.67. The van der Waals surface area contributed by atoms with Crippen LogP contribution in [0.4, 0.5) is 20.3 Å². The van der Waals surface area contributed by atoms with Crippen molar-refractivity contribution in [2.45, 2.75) is 31.9 Å². The van der Waals surface area contributed by atoms with Gasteiger partial charge in [0, 0.05) is 24.5 Å². The second-order valence-electron chi connectivity index (χ2n) is 5.49. The van der Waals surface area contributed by atoms with Crippen LogP contribution in [0.25, 0.3) is 0 Å². The van der Waals surface area contributed by atoms with Crippen molar-refractivity contribution in [1.82, 2.24) is 9.78 Å². The highest BCUT2D eigenvalue weighted by atomic mass is 19.3. The van der Waals surface area contributed by atoms with E-state index in [1.165, 1.54) is 12.3 Å². The van der Waals surface area contributed by atoms with E-state index < -0.39 is 13.0 Å². The number of carbonyl (C=O) groups is 1. The SMILES string of the molecule is O=C(Nc1ccn(CC(F)F)n1)C1CCCN1c1ccccc1. The van der Waals surface area contributed by atoms with E-state index in [1.54, 1.807) is 0 Å². The Kier molecular flexibility index (Phi) is 4.55. The maximum Gasteiger partial charge on any atom is 0.257 e. The van der Waals surface area contributed by atoms with Crippen LogP contribution >= 0.6 is 0 Å². The van der Waals surface area contributed by atoms with E-state index in [4.69, 9.17) is 0 Å². The van der Waals surface area contributed by atoms with Crippen LogP contribution in [-0.4, -0.2) is 34.7 Å². The second-order valence-corrected chi connectivity index (χ2v) is 5.49. The lowest BCUT2D eigenvalue weighted by atomic mass is 10.2. The van der Waals surface area contributed by atoms with Crippen molar-refractivity contribution in [3.63, 3.8) is 0 Å². The number of carbonyl (C=O) groups excluding carboxylic acids is 1. The average molecular weight is 320 g/mol. The first-order valence-electron chi connectivity index (χ1n) is 7.57. The first kappa shape index (κ1) is 15.5. The van der Waals surface area contributed by atoms with Gasteiger partial charge in [-0.1, -0.05) is 18.2 Å². The third-order valence-corrected chi connectivity index (χ3v) is 3.86. The fourth-order valence-electron chi connectivity index (χ4n) is 2.85. The summed E-state index contributed by atoms with van der Waals surface area (Å²) in [5.74, 6) is 0.143. The summed E-state index contributed by atoms with van der Waals surface area (Å²) in [5.41, 5.74) is 1.01. The van der Waals surface area contributed by atoms with Crippen LogP contribution in [0.3, 0.4) is 0 Å². The van der Waals surface area contributed by atoms with Gasteiger partial charge < -0.3 is 10.2 Å². The van der Waals surface area contributed by atoms with Crippen LogP contribution in [-0.2, 0) is 11.3 Å². The lowest BCUT2D eigenvalue weighted by molar-refractivity contribution is -0.117. The molecule has 5 nitrogen and oxygen atoms in total. The maximum atomic E-state index is 12.5. The average Bonchev–Trinajstić information content (AvgIpc) is 3.17. The first-order valence-corrected chi connectivity index (χ1v) is 7.57. The zero-order valence-corrected chi connectivity index (χ0v) is 12.5. The number of hydrogen-bond acceptors (Lipinski definition) is 3. The van der Waals surface area contributed by atoms with Gasteiger partial charge in [0.15, 0.2) is 5.82 Å². The zero-order valence-electron chi connectivity index (χ0n) is 12.5. The number of nitrogens with one attached hydrogen (secondary N) is 1. The first-order chi connectivity index (χ1) is 11.1. The highest BCUT2D eigenvalue weighted by Crippen LogP contribution is 2.26. The van der Waals surface area contributed by atoms with Crippen LogP contribution in [0.1, 0.15) is 12.8 Å². The number of halogens is 2. The third-order valence-electron chi connectivity index (χ3n) is 3.86. The molecule has 1 N–H and O–H groups in total. The molecular formula is C16H18F2N4O. The van der Waals surface area contributed by atoms with E-state index in [0.29, 0.717) is 5.82 Å². The Morgan fingerprint density at radius 3 is 2.83 bits per heavy atom. The van der Waals surface area contributed by atoms with Crippen LogP contribution in [0.2, 0.25) is 0 Å². The van der Waals surface area contributed by atoms with Crippen molar-refractivity contribution in [2.75, 3.05) is 16.8 Å². The minimum absolute atomic E-state index is 0.159. The molecule has 0 bridgehead atoms. The van der Waals surface area contributed by atoms with Crippen LogP contribution in [0.5, 0.6) is 0 Å². The summed E-state index contributed by atoms with van der Waals surface area (Å²) in [4.78, 5) is 14.5. The van der Waals surface area contributed by atoms with Gasteiger partial charge in [-0.05, 0) is 25.0 Å². The molecule has 1 saturated heterocycles. The molecule has 1 aliphatic rings. The second kappa shape index (κ2) is 6.76. The van der Waals surface area contributed by atoms with Crippen molar-refractivity contribution in [2.24, 2.45) is 0 Å². The molecule has 2 heterocycles.